The molecule has 0 heterocycles. The van der Waals surface area contributed by atoms with Crippen LogP contribution < -0.4 is 5.48 Å². The van der Waals surface area contributed by atoms with Gasteiger partial charge in [0.25, 0.3) is 5.91 Å². The Balaban J connectivity index is 2.26. The van der Waals surface area contributed by atoms with Crippen molar-refractivity contribution in [3.05, 3.63) is 35.9 Å². The topological polar surface area (TPSA) is 58.6 Å². The standard InChI is InChI=1S/C10H13NO3/c1-8(12)10(13)11-14-7-9-5-3-2-4-6-9/h2-6,8,12H,7H2,1H3,(H,11,13). The first-order valence-corrected chi connectivity index (χ1v) is 4.34. The van der Waals surface area contributed by atoms with Crippen molar-refractivity contribution in [2.45, 2.75) is 19.6 Å². The molecule has 0 aliphatic heterocycles. The van der Waals surface area contributed by atoms with E-state index in [0.717, 1.165) is 5.56 Å². The highest BCUT2D eigenvalue weighted by molar-refractivity contribution is 5.78. The molecular formula is C10H13NO3. The minimum Gasteiger partial charge on any atom is -0.383 e. The van der Waals surface area contributed by atoms with Crippen molar-refractivity contribution in [1.82, 2.24) is 5.48 Å². The minimum absolute atomic E-state index is 0.291. The van der Waals surface area contributed by atoms with Gasteiger partial charge in [0.15, 0.2) is 0 Å². The monoisotopic (exact) mass is 195 g/mol. The van der Waals surface area contributed by atoms with Crippen molar-refractivity contribution in [1.29, 1.82) is 0 Å². The molecule has 0 saturated heterocycles. The third kappa shape index (κ3) is 3.55. The van der Waals surface area contributed by atoms with Crippen molar-refractivity contribution in [3.8, 4) is 0 Å². The van der Waals surface area contributed by atoms with Gasteiger partial charge in [-0.25, -0.2) is 5.48 Å². The predicted octanol–water partition coefficient (Wildman–Crippen LogP) is 0.615. The Labute approximate surface area is 82.5 Å². The van der Waals surface area contributed by atoms with Gasteiger partial charge >= 0.3 is 0 Å². The highest BCUT2D eigenvalue weighted by Gasteiger charge is 2.07. The second kappa shape index (κ2) is 5.36. The highest BCUT2D eigenvalue weighted by atomic mass is 16.7. The summed E-state index contributed by atoms with van der Waals surface area (Å²) in [5, 5.41) is 8.83. The molecule has 2 N–H and O–H groups in total. The molecule has 0 saturated carbocycles. The molecule has 0 fully saturated rings. The average molecular weight is 195 g/mol. The molecule has 4 nitrogen and oxygen atoms in total. The molecule has 0 radical (unpaired) electrons. The van der Waals surface area contributed by atoms with Crippen LogP contribution in [-0.4, -0.2) is 17.1 Å². The average Bonchev–Trinajstić information content (AvgIpc) is 2.19. The number of hydrogen-bond donors (Lipinski definition) is 2. The van der Waals surface area contributed by atoms with Crippen LogP contribution in [0, 0.1) is 0 Å². The Bertz CT molecular complexity index is 285. The van der Waals surface area contributed by atoms with Crippen molar-refractivity contribution >= 4 is 5.91 Å². The zero-order valence-electron chi connectivity index (χ0n) is 7.93. The summed E-state index contributed by atoms with van der Waals surface area (Å²) in [6.07, 6.45) is -1.05. The molecular weight excluding hydrogens is 182 g/mol. The van der Waals surface area contributed by atoms with E-state index in [0.29, 0.717) is 6.61 Å². The highest BCUT2D eigenvalue weighted by Crippen LogP contribution is 1.98. The van der Waals surface area contributed by atoms with E-state index in [4.69, 9.17) is 9.94 Å². The summed E-state index contributed by atoms with van der Waals surface area (Å²) in [5.74, 6) is -0.541. The molecule has 1 aromatic rings. The molecule has 1 amide bonds. The molecule has 0 bridgehead atoms. The molecule has 0 spiro atoms. The van der Waals surface area contributed by atoms with Gasteiger partial charge in [-0.05, 0) is 12.5 Å². The summed E-state index contributed by atoms with van der Waals surface area (Å²) in [5.41, 5.74) is 3.10. The summed E-state index contributed by atoms with van der Waals surface area (Å²) in [7, 11) is 0. The third-order valence-corrected chi connectivity index (χ3v) is 1.63. The summed E-state index contributed by atoms with van der Waals surface area (Å²) >= 11 is 0. The maximum atomic E-state index is 10.8. The predicted molar refractivity (Wildman–Crippen MR) is 51.1 cm³/mol. The van der Waals surface area contributed by atoms with Crippen LogP contribution in [0.15, 0.2) is 30.3 Å². The van der Waals surface area contributed by atoms with E-state index in [2.05, 4.69) is 5.48 Å². The number of hydrogen-bond acceptors (Lipinski definition) is 3. The number of hydroxylamine groups is 1. The Morgan fingerprint density at radius 2 is 2.14 bits per heavy atom. The van der Waals surface area contributed by atoms with E-state index in [1.807, 2.05) is 30.3 Å². The lowest BCUT2D eigenvalue weighted by molar-refractivity contribution is -0.142. The molecule has 1 atom stereocenters. The van der Waals surface area contributed by atoms with E-state index < -0.39 is 12.0 Å². The van der Waals surface area contributed by atoms with Crippen molar-refractivity contribution in [2.24, 2.45) is 0 Å². The molecule has 14 heavy (non-hydrogen) atoms. The van der Waals surface area contributed by atoms with Crippen molar-refractivity contribution in [2.75, 3.05) is 0 Å². The quantitative estimate of drug-likeness (QED) is 0.692. The van der Waals surface area contributed by atoms with Crippen molar-refractivity contribution < 1.29 is 14.7 Å². The SMILES string of the molecule is CC(O)C(=O)NOCc1ccccc1. The van der Waals surface area contributed by atoms with Crippen LogP contribution in [-0.2, 0) is 16.2 Å². The Kier molecular flexibility index (Phi) is 4.10. The zero-order valence-corrected chi connectivity index (χ0v) is 7.93. The molecule has 1 aromatic carbocycles. The van der Waals surface area contributed by atoms with E-state index in [9.17, 15) is 4.79 Å². The van der Waals surface area contributed by atoms with Gasteiger partial charge in [-0.2, -0.15) is 0 Å². The molecule has 4 heteroatoms. The van der Waals surface area contributed by atoms with Gasteiger partial charge in [0, 0.05) is 0 Å². The van der Waals surface area contributed by atoms with Gasteiger partial charge < -0.3 is 5.11 Å². The summed E-state index contributed by atoms with van der Waals surface area (Å²) < 4.78 is 0. The maximum Gasteiger partial charge on any atom is 0.272 e. The Morgan fingerprint density at radius 3 is 2.71 bits per heavy atom. The maximum absolute atomic E-state index is 10.8. The Hall–Kier alpha value is -1.39. The summed E-state index contributed by atoms with van der Waals surface area (Å²) in [6, 6.07) is 9.44. The first-order chi connectivity index (χ1) is 6.70. The van der Waals surface area contributed by atoms with E-state index in [1.54, 1.807) is 0 Å². The number of aliphatic hydroxyl groups is 1. The van der Waals surface area contributed by atoms with E-state index in [1.165, 1.54) is 6.92 Å². The minimum atomic E-state index is -1.05. The smallest absolute Gasteiger partial charge is 0.272 e. The van der Waals surface area contributed by atoms with Gasteiger partial charge in [-0.3, -0.25) is 9.63 Å². The fourth-order valence-electron chi connectivity index (χ4n) is 0.850. The van der Waals surface area contributed by atoms with Gasteiger partial charge in [0.05, 0.1) is 6.61 Å². The largest absolute Gasteiger partial charge is 0.383 e. The molecule has 1 unspecified atom stereocenters. The molecule has 1 rings (SSSR count). The second-order valence-electron chi connectivity index (χ2n) is 2.92. The lowest BCUT2D eigenvalue weighted by Gasteiger charge is -2.06. The van der Waals surface area contributed by atoms with Gasteiger partial charge in [0.1, 0.15) is 6.10 Å². The molecule has 0 aliphatic carbocycles. The Morgan fingerprint density at radius 1 is 1.50 bits per heavy atom. The number of rotatable bonds is 4. The first-order valence-electron chi connectivity index (χ1n) is 4.34. The van der Waals surface area contributed by atoms with Gasteiger partial charge in [-0.15, -0.1) is 0 Å². The zero-order chi connectivity index (χ0) is 10.4. The van der Waals surface area contributed by atoms with Crippen LogP contribution in [0.4, 0.5) is 0 Å². The third-order valence-electron chi connectivity index (χ3n) is 1.63. The van der Waals surface area contributed by atoms with Gasteiger partial charge in [-0.1, -0.05) is 30.3 Å². The van der Waals surface area contributed by atoms with Crippen LogP contribution in [0.1, 0.15) is 12.5 Å². The van der Waals surface area contributed by atoms with Crippen molar-refractivity contribution in [3.63, 3.8) is 0 Å². The van der Waals surface area contributed by atoms with E-state index >= 15 is 0 Å². The number of carbonyl (C=O) groups is 1. The van der Waals surface area contributed by atoms with Crippen LogP contribution in [0.5, 0.6) is 0 Å². The van der Waals surface area contributed by atoms with Crippen LogP contribution >= 0.6 is 0 Å². The fourth-order valence-corrected chi connectivity index (χ4v) is 0.850. The molecule has 0 aliphatic rings. The number of aliphatic hydroxyl groups excluding tert-OH is 1. The summed E-state index contributed by atoms with van der Waals surface area (Å²) in [4.78, 5) is 15.7. The van der Waals surface area contributed by atoms with Crippen LogP contribution in [0.3, 0.4) is 0 Å². The lowest BCUT2D eigenvalue weighted by atomic mass is 10.2. The van der Waals surface area contributed by atoms with Gasteiger partial charge in [0.2, 0.25) is 0 Å². The second-order valence-corrected chi connectivity index (χ2v) is 2.92. The number of amides is 1. The number of carbonyl (C=O) groups excluding carboxylic acids is 1. The fraction of sp³-hybridized carbons (Fsp3) is 0.300. The first kappa shape index (κ1) is 10.7. The van der Waals surface area contributed by atoms with Crippen LogP contribution in [0.25, 0.3) is 0 Å². The normalized spacial score (nSPS) is 12.1. The van der Waals surface area contributed by atoms with E-state index in [-0.39, 0.29) is 0 Å². The van der Waals surface area contributed by atoms with Crippen LogP contribution in [0.2, 0.25) is 0 Å². The number of nitrogens with one attached hydrogen (secondary N) is 1. The molecule has 0 aromatic heterocycles. The summed E-state index contributed by atoms with van der Waals surface area (Å²) in [6.45, 7) is 1.67. The molecule has 76 valence electrons. The lowest BCUT2D eigenvalue weighted by Crippen LogP contribution is -2.32. The number of benzene rings is 1.